The molecule has 2 atom stereocenters. The summed E-state index contributed by atoms with van der Waals surface area (Å²) >= 11 is 0. The largest absolute Gasteiger partial charge is 0.493 e. The first kappa shape index (κ1) is 14.4. The minimum absolute atomic E-state index is 0.268. The van der Waals surface area contributed by atoms with Crippen molar-refractivity contribution in [3.8, 4) is 5.75 Å². The van der Waals surface area contributed by atoms with Crippen molar-refractivity contribution in [1.82, 2.24) is 0 Å². The molecule has 106 valence electrons. The highest BCUT2D eigenvalue weighted by Crippen LogP contribution is 2.38. The van der Waals surface area contributed by atoms with Crippen LogP contribution in [-0.2, 0) is 0 Å². The van der Waals surface area contributed by atoms with Crippen molar-refractivity contribution in [1.29, 1.82) is 0 Å². The second-order valence-electron chi connectivity index (χ2n) is 5.43. The molecule has 0 saturated heterocycles. The number of ether oxygens (including phenoxy) is 1. The van der Waals surface area contributed by atoms with Gasteiger partial charge in [-0.05, 0) is 43.2 Å². The van der Waals surface area contributed by atoms with Gasteiger partial charge in [0.1, 0.15) is 5.75 Å². The zero-order valence-corrected chi connectivity index (χ0v) is 11.8. The highest BCUT2D eigenvalue weighted by Gasteiger charge is 2.35. The van der Waals surface area contributed by atoms with E-state index in [0.29, 0.717) is 25.9 Å². The minimum atomic E-state index is -0.965. The molecule has 19 heavy (non-hydrogen) atoms. The molecule has 1 aromatic rings. The molecule has 0 bridgehead atoms. The van der Waals surface area contributed by atoms with Crippen molar-refractivity contribution in [2.24, 2.45) is 0 Å². The monoisotopic (exact) mass is 264 g/mol. The summed E-state index contributed by atoms with van der Waals surface area (Å²) in [5, 5.41) is 20.7. The van der Waals surface area contributed by atoms with E-state index in [9.17, 15) is 10.2 Å². The number of hydrogen-bond donors (Lipinski definition) is 2. The highest BCUT2D eigenvalue weighted by molar-refractivity contribution is 5.37. The molecule has 3 heteroatoms. The van der Waals surface area contributed by atoms with Crippen LogP contribution in [0.1, 0.15) is 51.0 Å². The molecule has 1 aliphatic rings. The van der Waals surface area contributed by atoms with Gasteiger partial charge >= 0.3 is 0 Å². The number of benzene rings is 1. The van der Waals surface area contributed by atoms with Crippen LogP contribution < -0.4 is 4.74 Å². The first-order chi connectivity index (χ1) is 9.10. The van der Waals surface area contributed by atoms with Gasteiger partial charge in [0.25, 0.3) is 0 Å². The Bertz CT molecular complexity index is 412. The van der Waals surface area contributed by atoms with E-state index in [1.807, 2.05) is 32.0 Å². The number of rotatable bonds is 5. The molecule has 1 aromatic carbocycles. The summed E-state index contributed by atoms with van der Waals surface area (Å²) in [5.41, 5.74) is 0.190. The maximum absolute atomic E-state index is 10.4. The quantitative estimate of drug-likeness (QED) is 0.859. The van der Waals surface area contributed by atoms with Crippen LogP contribution in [0.4, 0.5) is 0 Å². The van der Waals surface area contributed by atoms with E-state index >= 15 is 0 Å². The van der Waals surface area contributed by atoms with E-state index in [2.05, 4.69) is 6.07 Å². The summed E-state index contributed by atoms with van der Waals surface area (Å²) in [6, 6.07) is 7.99. The SMILES string of the molecule is CCC(O)(CC)C(O)CC1CCOc2ccccc21. The number of para-hydroxylation sites is 1. The molecule has 2 rings (SSSR count). The topological polar surface area (TPSA) is 49.7 Å². The van der Waals surface area contributed by atoms with Crippen molar-refractivity contribution in [2.45, 2.75) is 57.2 Å². The van der Waals surface area contributed by atoms with Crippen LogP contribution in [0, 0.1) is 0 Å². The maximum Gasteiger partial charge on any atom is 0.122 e. The Morgan fingerprint density at radius 2 is 2.00 bits per heavy atom. The molecule has 2 N–H and O–H groups in total. The molecule has 0 fully saturated rings. The predicted octanol–water partition coefficient (Wildman–Crippen LogP) is 2.85. The standard InChI is InChI=1S/C16H24O3/c1-3-16(18,4-2)15(17)11-12-9-10-19-14-8-6-5-7-13(12)14/h5-8,12,15,17-18H,3-4,9-11H2,1-2H3. The first-order valence-corrected chi connectivity index (χ1v) is 7.23. The Morgan fingerprint density at radius 3 is 2.68 bits per heavy atom. The number of fused-ring (bicyclic) bond motifs is 1. The zero-order chi connectivity index (χ0) is 13.9. The van der Waals surface area contributed by atoms with E-state index in [1.54, 1.807) is 0 Å². The molecular formula is C16H24O3. The summed E-state index contributed by atoms with van der Waals surface area (Å²) in [6.45, 7) is 4.53. The number of aliphatic hydroxyl groups excluding tert-OH is 1. The van der Waals surface area contributed by atoms with Gasteiger partial charge in [-0.1, -0.05) is 32.0 Å². The van der Waals surface area contributed by atoms with E-state index in [0.717, 1.165) is 17.7 Å². The lowest BCUT2D eigenvalue weighted by molar-refractivity contribution is -0.0861. The minimum Gasteiger partial charge on any atom is -0.493 e. The Balaban J connectivity index is 2.12. The number of aliphatic hydroxyl groups is 2. The summed E-state index contributed by atoms with van der Waals surface area (Å²) < 4.78 is 5.63. The average Bonchev–Trinajstić information content (AvgIpc) is 2.46. The smallest absolute Gasteiger partial charge is 0.122 e. The van der Waals surface area contributed by atoms with E-state index < -0.39 is 11.7 Å². The fourth-order valence-corrected chi connectivity index (χ4v) is 2.87. The van der Waals surface area contributed by atoms with Gasteiger partial charge in [0, 0.05) is 0 Å². The lowest BCUT2D eigenvalue weighted by atomic mass is 9.81. The Morgan fingerprint density at radius 1 is 1.32 bits per heavy atom. The zero-order valence-electron chi connectivity index (χ0n) is 11.8. The van der Waals surface area contributed by atoms with Gasteiger partial charge in [-0.25, -0.2) is 0 Å². The molecule has 0 aliphatic carbocycles. The maximum atomic E-state index is 10.4. The van der Waals surface area contributed by atoms with E-state index in [1.165, 1.54) is 0 Å². The first-order valence-electron chi connectivity index (χ1n) is 7.23. The molecular weight excluding hydrogens is 240 g/mol. The second-order valence-corrected chi connectivity index (χ2v) is 5.43. The predicted molar refractivity (Wildman–Crippen MR) is 75.5 cm³/mol. The fraction of sp³-hybridized carbons (Fsp3) is 0.625. The van der Waals surface area contributed by atoms with Crippen molar-refractivity contribution < 1.29 is 14.9 Å². The second kappa shape index (κ2) is 5.93. The van der Waals surface area contributed by atoms with Crippen molar-refractivity contribution in [2.75, 3.05) is 6.61 Å². The van der Waals surface area contributed by atoms with Gasteiger partial charge in [0.05, 0.1) is 18.3 Å². The molecule has 0 radical (unpaired) electrons. The third-order valence-electron chi connectivity index (χ3n) is 4.44. The van der Waals surface area contributed by atoms with Gasteiger partial charge in [-0.3, -0.25) is 0 Å². The van der Waals surface area contributed by atoms with Gasteiger partial charge < -0.3 is 14.9 Å². The molecule has 2 unspecified atom stereocenters. The Labute approximate surface area is 115 Å². The number of hydrogen-bond acceptors (Lipinski definition) is 3. The molecule has 1 heterocycles. The van der Waals surface area contributed by atoms with Crippen molar-refractivity contribution in [3.05, 3.63) is 29.8 Å². The Hall–Kier alpha value is -1.06. The van der Waals surface area contributed by atoms with E-state index in [4.69, 9.17) is 4.74 Å². The van der Waals surface area contributed by atoms with Crippen LogP contribution in [0.25, 0.3) is 0 Å². The fourth-order valence-electron chi connectivity index (χ4n) is 2.87. The van der Waals surface area contributed by atoms with E-state index in [-0.39, 0.29) is 5.92 Å². The van der Waals surface area contributed by atoms with Gasteiger partial charge in [-0.15, -0.1) is 0 Å². The summed E-state index contributed by atoms with van der Waals surface area (Å²) in [4.78, 5) is 0. The third kappa shape index (κ3) is 2.93. The average molecular weight is 264 g/mol. The van der Waals surface area contributed by atoms with Crippen LogP contribution in [0.15, 0.2) is 24.3 Å². The lowest BCUT2D eigenvalue weighted by Gasteiger charge is -2.35. The molecule has 0 saturated carbocycles. The van der Waals surface area contributed by atoms with Crippen molar-refractivity contribution >= 4 is 0 Å². The molecule has 1 aliphatic heterocycles. The summed E-state index contributed by atoms with van der Waals surface area (Å²) in [6.07, 6.45) is 1.97. The van der Waals surface area contributed by atoms with Gasteiger partial charge in [-0.2, -0.15) is 0 Å². The van der Waals surface area contributed by atoms with Gasteiger partial charge in [0.15, 0.2) is 0 Å². The normalized spacial score (nSPS) is 20.5. The summed E-state index contributed by atoms with van der Waals surface area (Å²) in [5.74, 6) is 1.19. The molecule has 3 nitrogen and oxygen atoms in total. The Kier molecular flexibility index (Phi) is 4.48. The molecule has 0 amide bonds. The van der Waals surface area contributed by atoms with Crippen LogP contribution in [0.3, 0.4) is 0 Å². The third-order valence-corrected chi connectivity index (χ3v) is 4.44. The van der Waals surface area contributed by atoms with Crippen molar-refractivity contribution in [3.63, 3.8) is 0 Å². The van der Waals surface area contributed by atoms with Gasteiger partial charge in [0.2, 0.25) is 0 Å². The summed E-state index contributed by atoms with van der Waals surface area (Å²) in [7, 11) is 0. The van der Waals surface area contributed by atoms with Crippen LogP contribution in [0.2, 0.25) is 0 Å². The van der Waals surface area contributed by atoms with Crippen LogP contribution in [0.5, 0.6) is 5.75 Å². The molecule has 0 spiro atoms. The van der Waals surface area contributed by atoms with Crippen LogP contribution >= 0.6 is 0 Å². The highest BCUT2D eigenvalue weighted by atomic mass is 16.5. The molecule has 0 aromatic heterocycles. The van der Waals surface area contributed by atoms with Crippen LogP contribution in [-0.4, -0.2) is 28.5 Å². The lowest BCUT2D eigenvalue weighted by Crippen LogP contribution is -2.42.